The van der Waals surface area contributed by atoms with E-state index in [1.165, 1.54) is 43.3 Å². The van der Waals surface area contributed by atoms with Gasteiger partial charge in [0.15, 0.2) is 11.6 Å². The van der Waals surface area contributed by atoms with Crippen LogP contribution in [0.3, 0.4) is 0 Å². The van der Waals surface area contributed by atoms with Gasteiger partial charge in [-0.05, 0) is 85.2 Å². The Labute approximate surface area is 251 Å². The Kier molecular flexibility index (Phi) is 10.5. The van der Waals surface area contributed by atoms with Crippen molar-refractivity contribution in [1.82, 2.24) is 0 Å². The number of alkyl halides is 3. The van der Waals surface area contributed by atoms with E-state index in [1.807, 2.05) is 0 Å². The van der Waals surface area contributed by atoms with Crippen LogP contribution >= 0.6 is 0 Å². The summed E-state index contributed by atoms with van der Waals surface area (Å²) < 4.78 is 145. The summed E-state index contributed by atoms with van der Waals surface area (Å²) in [5.74, 6) is -8.50. The van der Waals surface area contributed by atoms with Gasteiger partial charge in [-0.2, -0.15) is 8.78 Å². The standard InChI is InChI=1S/C33H24F10O2/c1-2-44-32(40)30(39)20-9-7-19(8-10-20)21-11-12-23(25(34)15-21)22-16-26(35)24(27(36)17-22)6-4-3-5-18-13-28(37)31(29(38)14-18)45-33(41,42)43/h7-17H,2-6H2,1H3. The van der Waals surface area contributed by atoms with Crippen molar-refractivity contribution >= 4 is 5.83 Å². The van der Waals surface area contributed by atoms with Crippen molar-refractivity contribution in [3.8, 4) is 28.0 Å². The number of rotatable bonds is 11. The van der Waals surface area contributed by atoms with E-state index in [2.05, 4.69) is 9.47 Å². The normalized spacial score (nSPS) is 12.2. The van der Waals surface area contributed by atoms with Crippen molar-refractivity contribution in [1.29, 1.82) is 0 Å². The van der Waals surface area contributed by atoms with Crippen LogP contribution in [0.4, 0.5) is 43.9 Å². The molecule has 12 heteroatoms. The SMILES string of the molecule is CCOC(F)=C(F)c1ccc(-c2ccc(-c3cc(F)c(CCCCc4cc(F)c(OC(F)(F)F)c(F)c4)c(F)c3)c(F)c2)cc1. The zero-order valence-corrected chi connectivity index (χ0v) is 23.5. The van der Waals surface area contributed by atoms with Gasteiger partial charge in [-0.15, -0.1) is 13.2 Å². The first-order valence-corrected chi connectivity index (χ1v) is 13.6. The topological polar surface area (TPSA) is 18.5 Å². The molecule has 45 heavy (non-hydrogen) atoms. The molecular formula is C33H24F10O2. The number of ether oxygens (including phenoxy) is 2. The van der Waals surface area contributed by atoms with Gasteiger partial charge in [0.25, 0.3) is 0 Å². The Bertz CT molecular complexity index is 1650. The van der Waals surface area contributed by atoms with Crippen LogP contribution in [-0.2, 0) is 17.6 Å². The van der Waals surface area contributed by atoms with Crippen LogP contribution in [0.15, 0.2) is 72.7 Å². The minimum Gasteiger partial charge on any atom is -0.469 e. The van der Waals surface area contributed by atoms with Crippen LogP contribution in [0.5, 0.6) is 5.75 Å². The van der Waals surface area contributed by atoms with Crippen LogP contribution in [0, 0.1) is 29.1 Å². The zero-order chi connectivity index (χ0) is 32.9. The van der Waals surface area contributed by atoms with Crippen LogP contribution < -0.4 is 4.74 Å². The van der Waals surface area contributed by atoms with Gasteiger partial charge in [0, 0.05) is 16.7 Å². The van der Waals surface area contributed by atoms with Crippen LogP contribution in [-0.4, -0.2) is 13.0 Å². The molecule has 0 spiro atoms. The fraction of sp³-hybridized carbons (Fsp3) is 0.212. The number of aryl methyl sites for hydroxylation is 1. The number of unbranched alkanes of at least 4 members (excludes halogenated alkanes) is 1. The summed E-state index contributed by atoms with van der Waals surface area (Å²) in [5, 5.41) is 0. The first-order chi connectivity index (χ1) is 21.3. The van der Waals surface area contributed by atoms with Gasteiger partial charge in [0.2, 0.25) is 11.6 Å². The number of benzene rings is 4. The Balaban J connectivity index is 1.42. The maximum absolute atomic E-state index is 15.1. The molecule has 0 atom stereocenters. The average Bonchev–Trinajstić information content (AvgIpc) is 2.97. The van der Waals surface area contributed by atoms with Crippen LogP contribution in [0.2, 0.25) is 0 Å². The summed E-state index contributed by atoms with van der Waals surface area (Å²) in [6, 6.07) is 11.4. The third kappa shape index (κ3) is 8.37. The Morgan fingerprint density at radius 1 is 0.644 bits per heavy atom. The van der Waals surface area contributed by atoms with E-state index in [9.17, 15) is 39.5 Å². The fourth-order valence-electron chi connectivity index (χ4n) is 4.64. The lowest BCUT2D eigenvalue weighted by atomic mass is 9.96. The van der Waals surface area contributed by atoms with Gasteiger partial charge in [0.05, 0.1) is 6.61 Å². The third-order valence-corrected chi connectivity index (χ3v) is 6.75. The zero-order valence-electron chi connectivity index (χ0n) is 23.5. The smallest absolute Gasteiger partial charge is 0.469 e. The number of hydrogen-bond donors (Lipinski definition) is 0. The molecule has 0 aromatic heterocycles. The summed E-state index contributed by atoms with van der Waals surface area (Å²) in [6.07, 6.45) is -5.02. The van der Waals surface area contributed by atoms with Crippen molar-refractivity contribution in [3.05, 3.63) is 119 Å². The largest absolute Gasteiger partial charge is 0.573 e. The lowest BCUT2D eigenvalue weighted by Crippen LogP contribution is -2.19. The molecular weight excluding hydrogens is 618 g/mol. The predicted molar refractivity (Wildman–Crippen MR) is 148 cm³/mol. The van der Waals surface area contributed by atoms with E-state index >= 15 is 4.39 Å². The molecule has 4 rings (SSSR count). The molecule has 0 radical (unpaired) electrons. The molecule has 0 aliphatic heterocycles. The summed E-state index contributed by atoms with van der Waals surface area (Å²) in [6.45, 7) is 1.44. The highest BCUT2D eigenvalue weighted by Crippen LogP contribution is 2.33. The van der Waals surface area contributed by atoms with E-state index in [4.69, 9.17) is 0 Å². The molecule has 0 aliphatic rings. The minimum atomic E-state index is -5.27. The highest BCUT2D eigenvalue weighted by Gasteiger charge is 2.34. The van der Waals surface area contributed by atoms with E-state index in [0.717, 1.165) is 18.2 Å². The maximum Gasteiger partial charge on any atom is 0.573 e. The molecule has 4 aromatic rings. The molecule has 0 saturated heterocycles. The molecule has 0 N–H and O–H groups in total. The van der Waals surface area contributed by atoms with E-state index < -0.39 is 53.0 Å². The summed E-state index contributed by atoms with van der Waals surface area (Å²) in [7, 11) is 0. The monoisotopic (exact) mass is 642 g/mol. The van der Waals surface area contributed by atoms with Gasteiger partial charge >= 0.3 is 12.4 Å². The summed E-state index contributed by atoms with van der Waals surface area (Å²) in [5.41, 5.74) is 0.349. The molecule has 0 fully saturated rings. The van der Waals surface area contributed by atoms with Gasteiger partial charge < -0.3 is 9.47 Å². The minimum absolute atomic E-state index is 0.0115. The Morgan fingerprint density at radius 2 is 1.20 bits per heavy atom. The average molecular weight is 643 g/mol. The molecule has 4 aromatic carbocycles. The lowest BCUT2D eigenvalue weighted by molar-refractivity contribution is -0.276. The number of hydrogen-bond acceptors (Lipinski definition) is 2. The molecule has 2 nitrogen and oxygen atoms in total. The molecule has 0 saturated carbocycles. The second-order valence-electron chi connectivity index (χ2n) is 9.85. The second kappa shape index (κ2) is 14.1. The summed E-state index contributed by atoms with van der Waals surface area (Å²) >= 11 is 0. The lowest BCUT2D eigenvalue weighted by Gasteiger charge is -2.12. The van der Waals surface area contributed by atoms with Gasteiger partial charge in [-0.3, -0.25) is 0 Å². The molecule has 0 heterocycles. The van der Waals surface area contributed by atoms with Crippen molar-refractivity contribution in [2.75, 3.05) is 6.61 Å². The van der Waals surface area contributed by atoms with E-state index in [1.54, 1.807) is 0 Å². The molecule has 238 valence electrons. The number of halogens is 10. The van der Waals surface area contributed by atoms with Crippen LogP contribution in [0.1, 0.15) is 36.5 Å². The van der Waals surface area contributed by atoms with Gasteiger partial charge in [0.1, 0.15) is 17.5 Å². The molecule has 0 unspecified atom stereocenters. The molecule has 0 bridgehead atoms. The predicted octanol–water partition coefficient (Wildman–Crippen LogP) is 10.8. The first kappa shape index (κ1) is 33.4. The van der Waals surface area contributed by atoms with Crippen LogP contribution in [0.25, 0.3) is 28.1 Å². The Hall–Kier alpha value is -4.48. The maximum atomic E-state index is 15.1. The fourth-order valence-corrected chi connectivity index (χ4v) is 4.64. The molecule has 0 amide bonds. The molecule has 0 aliphatic carbocycles. The quantitative estimate of drug-likeness (QED) is 0.0921. The van der Waals surface area contributed by atoms with Crippen molar-refractivity contribution in [2.45, 2.75) is 39.0 Å². The summed E-state index contributed by atoms with van der Waals surface area (Å²) in [4.78, 5) is 0. The van der Waals surface area contributed by atoms with E-state index in [-0.39, 0.29) is 60.1 Å². The third-order valence-electron chi connectivity index (χ3n) is 6.75. The first-order valence-electron chi connectivity index (χ1n) is 13.6. The second-order valence-corrected chi connectivity index (χ2v) is 9.85. The van der Waals surface area contributed by atoms with E-state index in [0.29, 0.717) is 23.3 Å². The van der Waals surface area contributed by atoms with Crippen molar-refractivity contribution < 1.29 is 53.4 Å². The highest BCUT2D eigenvalue weighted by atomic mass is 19.4. The van der Waals surface area contributed by atoms with Gasteiger partial charge in [-0.1, -0.05) is 36.4 Å². The van der Waals surface area contributed by atoms with Crippen molar-refractivity contribution in [2.24, 2.45) is 0 Å². The Morgan fingerprint density at radius 3 is 1.76 bits per heavy atom. The van der Waals surface area contributed by atoms with Gasteiger partial charge in [-0.25, -0.2) is 22.0 Å². The van der Waals surface area contributed by atoms with Crippen molar-refractivity contribution in [3.63, 3.8) is 0 Å². The highest BCUT2D eigenvalue weighted by molar-refractivity contribution is 5.73.